The molecule has 0 atom stereocenters. The van der Waals surface area contributed by atoms with Gasteiger partial charge >= 0.3 is 0 Å². The Morgan fingerprint density at radius 2 is 1.12 bits per heavy atom. The highest BCUT2D eigenvalue weighted by atomic mass is 15.1. The summed E-state index contributed by atoms with van der Waals surface area (Å²) in [7, 11) is 3.86. The largest absolute Gasteiger partial charge is 0.390 e. The fourth-order valence-electron chi connectivity index (χ4n) is 9.39. The Morgan fingerprint density at radius 1 is 0.631 bits per heavy atom. The molecule has 0 aliphatic heterocycles. The molecule has 0 radical (unpaired) electrons. The van der Waals surface area contributed by atoms with Gasteiger partial charge in [0.25, 0.3) is 0 Å². The molecule has 0 amide bonds. The second-order valence-electron chi connectivity index (χ2n) is 16.8. The van der Waals surface area contributed by atoms with Crippen LogP contribution in [0.15, 0.2) is 217 Å². The zero-order chi connectivity index (χ0) is 44.2. The first kappa shape index (κ1) is 49.0. The van der Waals surface area contributed by atoms with Crippen LogP contribution in [0.5, 0.6) is 0 Å². The smallest absolute Gasteiger partial charge is 0.0794 e. The second-order valence-corrected chi connectivity index (χ2v) is 16.8. The third-order valence-corrected chi connectivity index (χ3v) is 12.2. The van der Waals surface area contributed by atoms with Crippen molar-refractivity contribution in [3.05, 3.63) is 262 Å². The molecule has 0 aromatic heterocycles. The average molecular weight is 857 g/mol. The third-order valence-electron chi connectivity index (χ3n) is 12.2. The topological polar surface area (TPSA) is 53.6 Å². The van der Waals surface area contributed by atoms with E-state index in [1.165, 1.54) is 67.5 Å². The number of anilines is 1. The average Bonchev–Trinajstić information content (AvgIpc) is 3.62. The predicted octanol–water partition coefficient (Wildman–Crippen LogP) is 14.5. The van der Waals surface area contributed by atoms with Gasteiger partial charge in [0.15, 0.2) is 0 Å². The van der Waals surface area contributed by atoms with E-state index in [-0.39, 0.29) is 25.7 Å². The Kier molecular flexibility index (Phi) is 17.0. The van der Waals surface area contributed by atoms with Gasteiger partial charge in [-0.05, 0) is 92.9 Å². The summed E-state index contributed by atoms with van der Waals surface area (Å²) in [5, 5.41) is 3.35. The summed E-state index contributed by atoms with van der Waals surface area (Å²) in [6, 6.07) is 65.7. The standard InChI is InChI=1S/C37H33N.C20H21N.C2H6N2.2CH4/c1-36(2)30-19-9-11-21-32(30)37(33-22-12-10-20-31(33)36)29-18-8-7-17-28(29)35-27(16-13-23-34(35)37)25-38(3)24-26-14-5-4-6-15-26;1-17(16-18(2)19-11-5-3-6-12-19)10-9-15-21-20-13-7-4-8-14-20;1-4-2-3;;/h4-23H,24-25H2,1-3H3;3-14,16,21H,2,15H2,1H3;2H,1H3,(H2,3,4);2*1H4/b;10-9-,17-16-;;;. The van der Waals surface area contributed by atoms with Crippen molar-refractivity contribution in [2.75, 3.05) is 26.0 Å². The lowest BCUT2D eigenvalue weighted by atomic mass is 9.55. The van der Waals surface area contributed by atoms with Gasteiger partial charge in [-0.2, -0.15) is 0 Å². The molecule has 7 aromatic carbocycles. The molecule has 0 fully saturated rings. The number of nitrogens with two attached hydrogens (primary N) is 1. The Morgan fingerprint density at radius 3 is 1.71 bits per heavy atom. The molecule has 9 rings (SSSR count). The van der Waals surface area contributed by atoms with Gasteiger partial charge in [0.05, 0.1) is 11.8 Å². The number of hydrogen-bond donors (Lipinski definition) is 2. The van der Waals surface area contributed by atoms with Gasteiger partial charge < -0.3 is 11.1 Å². The molecule has 4 nitrogen and oxygen atoms in total. The summed E-state index contributed by atoms with van der Waals surface area (Å²) in [6.45, 7) is 13.6. The van der Waals surface area contributed by atoms with Gasteiger partial charge in [0.2, 0.25) is 0 Å². The van der Waals surface area contributed by atoms with Crippen molar-refractivity contribution in [1.82, 2.24) is 4.90 Å². The highest BCUT2D eigenvalue weighted by Crippen LogP contribution is 2.62. The molecule has 2 aliphatic carbocycles. The number of nitrogens with zero attached hydrogens (tertiary/aromatic N) is 2. The normalized spacial score (nSPS) is 13.4. The molecule has 0 saturated heterocycles. The van der Waals surface area contributed by atoms with E-state index in [1.54, 1.807) is 7.05 Å². The molecule has 7 aromatic rings. The fourth-order valence-corrected chi connectivity index (χ4v) is 9.39. The number of aliphatic imine (C=N–C) groups is 1. The van der Waals surface area contributed by atoms with Gasteiger partial charge in [-0.1, -0.05) is 229 Å². The summed E-state index contributed by atoms with van der Waals surface area (Å²) < 4.78 is 0. The zero-order valence-electron chi connectivity index (χ0n) is 37.4. The highest BCUT2D eigenvalue weighted by molar-refractivity contribution is 5.90. The lowest BCUT2D eigenvalue weighted by molar-refractivity contribution is 0.319. The van der Waals surface area contributed by atoms with E-state index in [0.717, 1.165) is 36.5 Å². The van der Waals surface area contributed by atoms with E-state index in [9.17, 15) is 0 Å². The van der Waals surface area contributed by atoms with Crippen LogP contribution in [0.2, 0.25) is 0 Å². The summed E-state index contributed by atoms with van der Waals surface area (Å²) in [6.07, 6.45) is 7.59. The molecule has 3 N–H and O–H groups in total. The Bertz CT molecular complexity index is 2660. The van der Waals surface area contributed by atoms with Crippen LogP contribution in [-0.4, -0.2) is 31.9 Å². The summed E-state index contributed by atoms with van der Waals surface area (Å²) in [5.41, 5.74) is 22.9. The van der Waals surface area contributed by atoms with Crippen LogP contribution in [0, 0.1) is 0 Å². The minimum absolute atomic E-state index is 0. The first-order chi connectivity index (χ1) is 30.7. The van der Waals surface area contributed by atoms with Gasteiger partial charge in [-0.15, -0.1) is 0 Å². The lowest BCUT2D eigenvalue weighted by Gasteiger charge is -2.46. The van der Waals surface area contributed by atoms with Crippen molar-refractivity contribution in [3.63, 3.8) is 0 Å². The monoisotopic (exact) mass is 857 g/mol. The second kappa shape index (κ2) is 22.6. The van der Waals surface area contributed by atoms with Crippen molar-refractivity contribution in [2.24, 2.45) is 10.7 Å². The minimum atomic E-state index is -0.317. The number of nitrogens with one attached hydrogen (secondary N) is 1. The van der Waals surface area contributed by atoms with Crippen LogP contribution in [-0.2, 0) is 23.9 Å². The fraction of sp³-hybridized carbons (Fsp3) is 0.197. The maximum Gasteiger partial charge on any atom is 0.0794 e. The Balaban J connectivity index is 0.000000251. The van der Waals surface area contributed by atoms with Crippen molar-refractivity contribution in [3.8, 4) is 11.1 Å². The quantitative estimate of drug-likeness (QED) is 0.0818. The van der Waals surface area contributed by atoms with Crippen LogP contribution in [0.3, 0.4) is 0 Å². The van der Waals surface area contributed by atoms with Crippen molar-refractivity contribution >= 4 is 17.6 Å². The first-order valence-electron chi connectivity index (χ1n) is 21.8. The van der Waals surface area contributed by atoms with Crippen molar-refractivity contribution in [1.29, 1.82) is 0 Å². The maximum atomic E-state index is 4.74. The number of benzene rings is 7. The predicted molar refractivity (Wildman–Crippen MR) is 283 cm³/mol. The SMILES string of the molecule is C.C.C=C(/C=C(C)\C=C/CNc1ccccc1)c1ccccc1.CN(Cc1ccccc1)Cc1cccc2c1-c1ccccc1C21c2ccccc2C(C)(C)c2ccccc21.CN=CN. The molecule has 332 valence electrons. The maximum absolute atomic E-state index is 4.74. The molecule has 4 heteroatoms. The molecule has 65 heavy (non-hydrogen) atoms. The minimum Gasteiger partial charge on any atom is -0.390 e. The molecule has 0 bridgehead atoms. The van der Waals surface area contributed by atoms with Crippen LogP contribution in [0.25, 0.3) is 16.7 Å². The van der Waals surface area contributed by atoms with Crippen LogP contribution in [0.1, 0.15) is 85.7 Å². The van der Waals surface area contributed by atoms with Crippen LogP contribution < -0.4 is 11.1 Å². The Hall–Kier alpha value is -7.01. The molecular weight excluding hydrogens is 789 g/mol. The molecule has 2 aliphatic rings. The number of fused-ring (bicyclic) bond motifs is 9. The molecular formula is C61H68N4. The lowest BCUT2D eigenvalue weighted by Crippen LogP contribution is -2.40. The highest BCUT2D eigenvalue weighted by Gasteiger charge is 2.53. The number of para-hydroxylation sites is 1. The van der Waals surface area contributed by atoms with Gasteiger partial charge in [0, 0.05) is 37.8 Å². The third kappa shape index (κ3) is 10.5. The molecule has 0 heterocycles. The summed E-state index contributed by atoms with van der Waals surface area (Å²) >= 11 is 0. The van der Waals surface area contributed by atoms with E-state index in [0.29, 0.717) is 0 Å². The van der Waals surface area contributed by atoms with Gasteiger partial charge in [-0.25, -0.2) is 0 Å². The van der Waals surface area contributed by atoms with Crippen LogP contribution >= 0.6 is 0 Å². The number of rotatable bonds is 10. The van der Waals surface area contributed by atoms with E-state index in [4.69, 9.17) is 5.73 Å². The van der Waals surface area contributed by atoms with E-state index >= 15 is 0 Å². The van der Waals surface area contributed by atoms with Crippen molar-refractivity contribution in [2.45, 2.75) is 59.5 Å². The van der Waals surface area contributed by atoms with E-state index < -0.39 is 0 Å². The van der Waals surface area contributed by atoms with E-state index in [1.807, 2.05) is 36.4 Å². The number of hydrogen-bond acceptors (Lipinski definition) is 3. The summed E-state index contributed by atoms with van der Waals surface area (Å²) in [4.78, 5) is 5.82. The van der Waals surface area contributed by atoms with Gasteiger partial charge in [-0.3, -0.25) is 9.89 Å². The summed E-state index contributed by atoms with van der Waals surface area (Å²) in [5.74, 6) is 0. The van der Waals surface area contributed by atoms with Crippen molar-refractivity contribution < 1.29 is 0 Å². The molecule has 0 saturated carbocycles. The van der Waals surface area contributed by atoms with Crippen LogP contribution in [0.4, 0.5) is 5.69 Å². The number of allylic oxidation sites excluding steroid dienone is 4. The first-order valence-corrected chi connectivity index (χ1v) is 21.8. The molecule has 0 unspecified atom stereocenters. The zero-order valence-corrected chi connectivity index (χ0v) is 37.4. The van der Waals surface area contributed by atoms with Gasteiger partial charge in [0.1, 0.15) is 0 Å². The van der Waals surface area contributed by atoms with E-state index in [2.05, 4.69) is 213 Å². The Labute approximate surface area is 390 Å². The molecule has 1 spiro atoms.